The first-order valence-electron chi connectivity index (χ1n) is 7.22. The van der Waals surface area contributed by atoms with Crippen LogP contribution >= 0.6 is 22.9 Å². The van der Waals surface area contributed by atoms with E-state index in [1.54, 1.807) is 0 Å². The Morgan fingerprint density at radius 3 is 2.60 bits per heavy atom. The Morgan fingerprint density at radius 1 is 1.24 bits per heavy atom. The van der Waals surface area contributed by atoms with E-state index in [0.717, 1.165) is 22.9 Å². The minimum absolute atomic E-state index is 0.0158. The highest BCUT2D eigenvalue weighted by atomic mass is 35.5. The summed E-state index contributed by atoms with van der Waals surface area (Å²) >= 11 is 7.26. The number of halogens is 1. The lowest BCUT2D eigenvalue weighted by Crippen LogP contribution is -2.12. The molecule has 0 unspecified atom stereocenters. The molecule has 0 aliphatic rings. The summed E-state index contributed by atoms with van der Waals surface area (Å²) in [5.41, 5.74) is 2.85. The summed E-state index contributed by atoms with van der Waals surface area (Å²) in [6.45, 7) is 2.00. The largest absolute Gasteiger partial charge is 0.298 e. The first-order valence-corrected chi connectivity index (χ1v) is 8.47. The Labute approximate surface area is 152 Å². The number of hydrogen-bond acceptors (Lipinski definition) is 5. The number of anilines is 1. The van der Waals surface area contributed by atoms with Crippen LogP contribution in [0, 0.1) is 17.0 Å². The van der Waals surface area contributed by atoms with Gasteiger partial charge in [0.05, 0.1) is 21.2 Å². The number of nitrogens with zero attached hydrogens (tertiary/aromatic N) is 2. The maximum atomic E-state index is 12.3. The Kier molecular flexibility index (Phi) is 4.78. The molecule has 0 saturated carbocycles. The molecule has 2 aromatic carbocycles. The highest BCUT2D eigenvalue weighted by Crippen LogP contribution is 2.27. The van der Waals surface area contributed by atoms with Crippen LogP contribution in [0.1, 0.15) is 15.9 Å². The van der Waals surface area contributed by atoms with Crippen molar-refractivity contribution >= 4 is 39.7 Å². The first-order chi connectivity index (χ1) is 11.9. The van der Waals surface area contributed by atoms with Crippen molar-refractivity contribution in [3.8, 4) is 11.3 Å². The second-order valence-corrected chi connectivity index (χ2v) is 6.54. The van der Waals surface area contributed by atoms with Crippen molar-refractivity contribution in [1.29, 1.82) is 0 Å². The van der Waals surface area contributed by atoms with Gasteiger partial charge in [0.1, 0.15) is 0 Å². The van der Waals surface area contributed by atoms with E-state index < -0.39 is 10.8 Å². The topological polar surface area (TPSA) is 85.1 Å². The van der Waals surface area contributed by atoms with Gasteiger partial charge in [0.15, 0.2) is 5.13 Å². The fraction of sp³-hybridized carbons (Fsp3) is 0.0588. The van der Waals surface area contributed by atoms with E-state index in [9.17, 15) is 14.9 Å². The molecule has 0 bridgehead atoms. The van der Waals surface area contributed by atoms with Gasteiger partial charge in [-0.1, -0.05) is 41.4 Å². The first kappa shape index (κ1) is 17.1. The highest BCUT2D eigenvalue weighted by molar-refractivity contribution is 7.14. The fourth-order valence-corrected chi connectivity index (χ4v) is 3.13. The molecule has 0 aliphatic heterocycles. The average Bonchev–Trinajstić information content (AvgIpc) is 3.03. The van der Waals surface area contributed by atoms with Crippen LogP contribution in [-0.4, -0.2) is 15.8 Å². The molecule has 0 radical (unpaired) electrons. The van der Waals surface area contributed by atoms with Crippen LogP contribution in [0.5, 0.6) is 0 Å². The molecule has 8 heteroatoms. The number of nitro groups is 1. The monoisotopic (exact) mass is 373 g/mol. The lowest BCUT2D eigenvalue weighted by molar-refractivity contribution is -0.384. The minimum atomic E-state index is -0.567. The molecule has 3 rings (SSSR count). The van der Waals surface area contributed by atoms with Gasteiger partial charge in [0.25, 0.3) is 11.6 Å². The molecule has 1 aromatic heterocycles. The summed E-state index contributed by atoms with van der Waals surface area (Å²) in [6.07, 6.45) is 0. The number of rotatable bonds is 4. The van der Waals surface area contributed by atoms with Crippen molar-refractivity contribution in [2.24, 2.45) is 0 Å². The molecule has 3 aromatic rings. The van der Waals surface area contributed by atoms with Gasteiger partial charge in [0.2, 0.25) is 0 Å². The van der Waals surface area contributed by atoms with E-state index in [0.29, 0.717) is 5.13 Å². The van der Waals surface area contributed by atoms with Crippen molar-refractivity contribution in [3.63, 3.8) is 0 Å². The Balaban J connectivity index is 1.78. The minimum Gasteiger partial charge on any atom is -0.298 e. The van der Waals surface area contributed by atoms with E-state index >= 15 is 0 Å². The van der Waals surface area contributed by atoms with Crippen LogP contribution in [0.2, 0.25) is 5.02 Å². The van der Waals surface area contributed by atoms with E-state index in [-0.39, 0.29) is 16.3 Å². The Morgan fingerprint density at radius 2 is 1.96 bits per heavy atom. The second kappa shape index (κ2) is 7.00. The van der Waals surface area contributed by atoms with Gasteiger partial charge in [-0.05, 0) is 13.0 Å². The summed E-state index contributed by atoms with van der Waals surface area (Å²) in [4.78, 5) is 26.8. The van der Waals surface area contributed by atoms with Crippen LogP contribution < -0.4 is 5.32 Å². The van der Waals surface area contributed by atoms with Gasteiger partial charge in [-0.15, -0.1) is 11.3 Å². The summed E-state index contributed by atoms with van der Waals surface area (Å²) in [7, 11) is 0. The molecule has 0 fully saturated rings. The van der Waals surface area contributed by atoms with Crippen molar-refractivity contribution in [3.05, 3.63) is 74.1 Å². The average molecular weight is 374 g/mol. The van der Waals surface area contributed by atoms with E-state index in [2.05, 4.69) is 10.3 Å². The zero-order valence-corrected chi connectivity index (χ0v) is 14.6. The van der Waals surface area contributed by atoms with E-state index in [1.807, 2.05) is 36.6 Å². The van der Waals surface area contributed by atoms with Crippen LogP contribution in [-0.2, 0) is 0 Å². The van der Waals surface area contributed by atoms with Crippen LogP contribution in [0.4, 0.5) is 10.8 Å². The van der Waals surface area contributed by atoms with Gasteiger partial charge >= 0.3 is 0 Å². The molecule has 1 heterocycles. The fourth-order valence-electron chi connectivity index (χ4n) is 2.15. The quantitative estimate of drug-likeness (QED) is 0.518. The number of carbonyl (C=O) groups is 1. The molecule has 1 amide bonds. The van der Waals surface area contributed by atoms with Crippen LogP contribution in [0.15, 0.2) is 47.8 Å². The number of thiazole rings is 1. The number of amides is 1. The van der Waals surface area contributed by atoms with E-state index in [1.165, 1.54) is 23.5 Å². The third-order valence-electron chi connectivity index (χ3n) is 3.48. The zero-order chi connectivity index (χ0) is 18.0. The lowest BCUT2D eigenvalue weighted by Gasteiger charge is -2.04. The third-order valence-corrected chi connectivity index (χ3v) is 4.55. The maximum absolute atomic E-state index is 12.3. The Hall–Kier alpha value is -2.77. The van der Waals surface area contributed by atoms with Gasteiger partial charge in [-0.3, -0.25) is 20.2 Å². The highest BCUT2D eigenvalue weighted by Gasteiger charge is 2.16. The Bertz CT molecular complexity index is 954. The van der Waals surface area contributed by atoms with Crippen molar-refractivity contribution in [2.75, 3.05) is 5.32 Å². The normalized spacial score (nSPS) is 10.5. The number of nitrogens with one attached hydrogen (secondary N) is 1. The summed E-state index contributed by atoms with van der Waals surface area (Å²) in [5.74, 6) is -0.468. The van der Waals surface area contributed by atoms with Gasteiger partial charge in [0, 0.05) is 23.1 Å². The summed E-state index contributed by atoms with van der Waals surface area (Å²) in [5, 5.41) is 15.7. The molecule has 6 nitrogen and oxygen atoms in total. The maximum Gasteiger partial charge on any atom is 0.270 e. The molecule has 25 heavy (non-hydrogen) atoms. The summed E-state index contributed by atoms with van der Waals surface area (Å²) < 4.78 is 0. The molecule has 0 atom stereocenters. The van der Waals surface area contributed by atoms with Crippen LogP contribution in [0.3, 0.4) is 0 Å². The SMILES string of the molecule is Cc1ccc(-c2csc(NC(=O)c3ccc([N+](=O)[O-])cc3Cl)n2)cc1. The van der Waals surface area contributed by atoms with Crippen molar-refractivity contribution < 1.29 is 9.72 Å². The molecule has 126 valence electrons. The molecule has 0 spiro atoms. The standard InChI is InChI=1S/C17H12ClN3O3S/c1-10-2-4-11(5-3-10)15-9-25-17(19-15)20-16(22)13-7-6-12(21(23)24)8-14(13)18/h2-9H,1H3,(H,19,20,22). The van der Waals surface area contributed by atoms with Crippen LogP contribution in [0.25, 0.3) is 11.3 Å². The number of aryl methyl sites for hydroxylation is 1. The molecule has 1 N–H and O–H groups in total. The molecular formula is C17H12ClN3O3S. The van der Waals surface area contributed by atoms with Gasteiger partial charge < -0.3 is 0 Å². The number of carbonyl (C=O) groups excluding carboxylic acids is 1. The predicted molar refractivity (Wildman–Crippen MR) is 98.3 cm³/mol. The predicted octanol–water partition coefficient (Wildman–Crippen LogP) is 4.93. The smallest absolute Gasteiger partial charge is 0.270 e. The summed E-state index contributed by atoms with van der Waals surface area (Å²) in [6, 6.07) is 11.6. The zero-order valence-electron chi connectivity index (χ0n) is 13.0. The molecule has 0 saturated heterocycles. The van der Waals surface area contributed by atoms with Crippen molar-refractivity contribution in [2.45, 2.75) is 6.92 Å². The molecule has 0 aliphatic carbocycles. The number of hydrogen-bond donors (Lipinski definition) is 1. The van der Waals surface area contributed by atoms with Crippen molar-refractivity contribution in [1.82, 2.24) is 4.98 Å². The number of nitro benzene ring substituents is 1. The number of aromatic nitrogens is 1. The van der Waals surface area contributed by atoms with Gasteiger partial charge in [-0.2, -0.15) is 0 Å². The second-order valence-electron chi connectivity index (χ2n) is 5.28. The number of benzene rings is 2. The van der Waals surface area contributed by atoms with E-state index in [4.69, 9.17) is 11.6 Å². The van der Waals surface area contributed by atoms with Gasteiger partial charge in [-0.25, -0.2) is 4.98 Å². The lowest BCUT2D eigenvalue weighted by atomic mass is 10.1. The third kappa shape index (κ3) is 3.84. The molecular weight excluding hydrogens is 362 g/mol. The number of non-ortho nitro benzene ring substituents is 1.